The van der Waals surface area contributed by atoms with Crippen molar-refractivity contribution < 1.29 is 22.7 Å². The third-order valence-electron chi connectivity index (χ3n) is 7.40. The molecule has 0 fully saturated rings. The number of ether oxygens (including phenoxy) is 1. The van der Waals surface area contributed by atoms with Crippen molar-refractivity contribution in [2.45, 2.75) is 39.3 Å². The van der Waals surface area contributed by atoms with Crippen molar-refractivity contribution in [3.8, 4) is 22.3 Å². The zero-order valence-corrected chi connectivity index (χ0v) is 26.4. The Labute approximate surface area is 278 Å². The largest absolute Gasteiger partial charge is 0.433 e. The van der Waals surface area contributed by atoms with Crippen molar-refractivity contribution in [1.82, 2.24) is 20.2 Å². The Kier molecular flexibility index (Phi) is 10.2. The zero-order valence-electron chi connectivity index (χ0n) is 25.7. The molecule has 0 radical (unpaired) electrons. The van der Waals surface area contributed by atoms with Crippen molar-refractivity contribution in [2.24, 2.45) is 0 Å². The zero-order chi connectivity index (χ0) is 34.4. The maximum atomic E-state index is 14.2. The van der Waals surface area contributed by atoms with Gasteiger partial charge in [-0.05, 0) is 54.3 Å². The van der Waals surface area contributed by atoms with Gasteiger partial charge in [0.1, 0.15) is 11.8 Å². The summed E-state index contributed by atoms with van der Waals surface area (Å²) in [5, 5.41) is 4.97. The minimum Gasteiger partial charge on any atom is -0.364 e. The third-order valence-corrected chi connectivity index (χ3v) is 7.65. The van der Waals surface area contributed by atoms with Gasteiger partial charge in [0.15, 0.2) is 11.5 Å². The normalized spacial score (nSPS) is 11.9. The molecule has 1 amide bonds. The molecule has 2 heterocycles. The molecule has 244 valence electrons. The summed E-state index contributed by atoms with van der Waals surface area (Å²) in [6.07, 6.45) is -5.52. The van der Waals surface area contributed by atoms with Gasteiger partial charge in [-0.1, -0.05) is 84.4 Å². The van der Waals surface area contributed by atoms with E-state index in [9.17, 15) is 22.8 Å². The van der Waals surface area contributed by atoms with Crippen LogP contribution in [0.15, 0.2) is 95.8 Å². The summed E-state index contributed by atoms with van der Waals surface area (Å²) in [4.78, 5) is 34.5. The Morgan fingerprint density at radius 1 is 0.979 bits per heavy atom. The average molecular weight is 673 g/mol. The number of halogens is 4. The van der Waals surface area contributed by atoms with E-state index in [1.165, 1.54) is 13.0 Å². The van der Waals surface area contributed by atoms with Crippen LogP contribution in [0.3, 0.4) is 0 Å². The lowest BCUT2D eigenvalue weighted by molar-refractivity contribution is -0.141. The number of benzene rings is 3. The van der Waals surface area contributed by atoms with Gasteiger partial charge in [-0.3, -0.25) is 20.4 Å². The summed E-state index contributed by atoms with van der Waals surface area (Å²) in [6.45, 7) is 10.3. The number of carbonyl (C=O) groups is 1. The summed E-state index contributed by atoms with van der Waals surface area (Å²) < 4.78 is 46.7. The molecule has 5 rings (SSSR count). The molecule has 2 N–H and O–H groups in total. The molecule has 13 heteroatoms. The van der Waals surface area contributed by atoms with Crippen LogP contribution in [0.25, 0.3) is 27.1 Å². The van der Waals surface area contributed by atoms with Crippen LogP contribution in [-0.2, 0) is 28.9 Å². The summed E-state index contributed by atoms with van der Waals surface area (Å²) in [5.41, 5.74) is 6.85. The third kappa shape index (κ3) is 7.88. The Hall–Kier alpha value is -5.51. The molecule has 9 nitrogen and oxygen atoms in total. The Morgan fingerprint density at radius 2 is 1.62 bits per heavy atom. The van der Waals surface area contributed by atoms with E-state index < -0.39 is 29.4 Å². The Bertz CT molecular complexity index is 2030. The lowest BCUT2D eigenvalue weighted by atomic mass is 9.96. The highest BCUT2D eigenvalue weighted by atomic mass is 35.5. The average Bonchev–Trinajstić information content (AvgIpc) is 3.08. The number of nitrogens with one attached hydrogen (secondary N) is 2. The van der Waals surface area contributed by atoms with Gasteiger partial charge in [0.25, 0.3) is 11.5 Å². The number of hydrogen-bond donors (Lipinski definition) is 2. The predicted molar refractivity (Wildman–Crippen MR) is 176 cm³/mol. The first-order valence-corrected chi connectivity index (χ1v) is 15.0. The minimum absolute atomic E-state index is 0.0577. The summed E-state index contributed by atoms with van der Waals surface area (Å²) in [5.74, 6) is -0.472. The van der Waals surface area contributed by atoms with E-state index in [-0.39, 0.29) is 30.2 Å². The number of amides is 1. The van der Waals surface area contributed by atoms with Gasteiger partial charge in [0, 0.05) is 16.3 Å². The molecule has 48 heavy (non-hydrogen) atoms. The topological polar surface area (TPSA) is 102 Å². The molecule has 2 aromatic heterocycles. The molecule has 0 spiro atoms. The molecule has 3 aromatic carbocycles. The molecular formula is C35H28ClF3N6O3. The van der Waals surface area contributed by atoms with Crippen LogP contribution in [0.1, 0.15) is 29.4 Å². The van der Waals surface area contributed by atoms with Crippen LogP contribution in [-0.4, -0.2) is 26.8 Å². The predicted octanol–water partition coefficient (Wildman–Crippen LogP) is 7.60. The number of rotatable bonds is 10. The van der Waals surface area contributed by atoms with Crippen LogP contribution in [0, 0.1) is 13.5 Å². The highest BCUT2D eigenvalue weighted by Crippen LogP contribution is 2.36. The Morgan fingerprint density at radius 3 is 2.25 bits per heavy atom. The van der Waals surface area contributed by atoms with E-state index in [4.69, 9.17) is 22.9 Å². The van der Waals surface area contributed by atoms with Gasteiger partial charge >= 0.3 is 6.18 Å². The van der Waals surface area contributed by atoms with Gasteiger partial charge in [0.2, 0.25) is 0 Å². The smallest absolute Gasteiger partial charge is 0.364 e. The molecule has 0 aliphatic carbocycles. The highest BCUT2D eigenvalue weighted by molar-refractivity contribution is 6.30. The molecule has 5 aromatic rings. The molecule has 0 saturated carbocycles. The summed E-state index contributed by atoms with van der Waals surface area (Å²) in [6, 6.07) is 24.4. The van der Waals surface area contributed by atoms with Gasteiger partial charge < -0.3 is 4.74 Å². The first kappa shape index (κ1) is 33.8. The van der Waals surface area contributed by atoms with Crippen molar-refractivity contribution in [2.75, 3.05) is 5.43 Å². The first-order chi connectivity index (χ1) is 22.9. The van der Waals surface area contributed by atoms with E-state index in [1.54, 1.807) is 55.5 Å². The fourth-order valence-electron chi connectivity index (χ4n) is 4.80. The van der Waals surface area contributed by atoms with Crippen LogP contribution in [0.5, 0.6) is 0 Å². The minimum atomic E-state index is -4.64. The van der Waals surface area contributed by atoms with Gasteiger partial charge in [-0.15, -0.1) is 5.10 Å². The second-order valence-corrected chi connectivity index (χ2v) is 11.2. The highest BCUT2D eigenvalue weighted by Gasteiger charge is 2.33. The summed E-state index contributed by atoms with van der Waals surface area (Å²) in [7, 11) is 0. The van der Waals surface area contributed by atoms with Gasteiger partial charge in [-0.25, -0.2) is 14.5 Å². The number of aryl methyl sites for hydroxylation is 1. The molecule has 0 aliphatic heterocycles. The second-order valence-electron chi connectivity index (χ2n) is 10.7. The maximum Gasteiger partial charge on any atom is 0.433 e. The van der Waals surface area contributed by atoms with E-state index in [0.717, 1.165) is 16.3 Å². The monoisotopic (exact) mass is 672 g/mol. The number of pyridine rings is 1. The van der Waals surface area contributed by atoms with Gasteiger partial charge in [0.05, 0.1) is 25.3 Å². The summed E-state index contributed by atoms with van der Waals surface area (Å²) >= 11 is 6.17. The number of aromatic nitrogens is 3. The lowest BCUT2D eigenvalue weighted by Crippen LogP contribution is -2.39. The number of anilines is 1. The van der Waals surface area contributed by atoms with Crippen LogP contribution in [0.2, 0.25) is 5.02 Å². The molecular weight excluding hydrogens is 645 g/mol. The maximum absolute atomic E-state index is 14.2. The van der Waals surface area contributed by atoms with Crippen molar-refractivity contribution >= 4 is 29.0 Å². The molecule has 0 bridgehead atoms. The van der Waals surface area contributed by atoms with Crippen LogP contribution < -0.4 is 16.4 Å². The molecule has 0 unspecified atom stereocenters. The van der Waals surface area contributed by atoms with Gasteiger partial charge in [-0.2, -0.15) is 13.2 Å². The number of carbonyl (C=O) groups excluding carboxylic acids is 1. The number of hydrazine groups is 1. The van der Waals surface area contributed by atoms with Crippen molar-refractivity contribution in [3.05, 3.63) is 140 Å². The van der Waals surface area contributed by atoms with E-state index in [2.05, 4.69) is 25.8 Å². The lowest BCUT2D eigenvalue weighted by Gasteiger charge is -2.20. The van der Waals surface area contributed by atoms with Crippen LogP contribution >= 0.6 is 11.6 Å². The Balaban J connectivity index is 1.59. The molecule has 0 saturated heterocycles. The first-order valence-electron chi connectivity index (χ1n) is 14.6. The van der Waals surface area contributed by atoms with Crippen LogP contribution in [0.4, 0.5) is 24.7 Å². The van der Waals surface area contributed by atoms with Crippen molar-refractivity contribution in [3.63, 3.8) is 0 Å². The fraction of sp³-hybridized carbons (Fsp3) is 0.171. The molecule has 1 atom stereocenters. The standard InChI is InChI=1S/C35H28ClF3N6O3/c1-21-26(13-18-29(41-21)35(37,38)39)19-45-34(47)31(25-11-16-28(40-3)17-12-25)30(24-9-14-27(36)15-10-24)32(44-45)42-43-33(46)22(2)48-20-23-7-5-4-6-8-23/h4-18,22H,19-20H2,1-2H3,(H,42,44)(H,43,46)/t22-/m0/s1. The second kappa shape index (κ2) is 14.5. The molecule has 0 aliphatic rings. The quantitative estimate of drug-likeness (QED) is 0.117. The fourth-order valence-corrected chi connectivity index (χ4v) is 4.93. The number of hydrogen-bond acceptors (Lipinski definition) is 6. The van der Waals surface area contributed by atoms with Crippen molar-refractivity contribution in [1.29, 1.82) is 0 Å². The van der Waals surface area contributed by atoms with E-state index in [1.807, 2.05) is 30.3 Å². The van der Waals surface area contributed by atoms with E-state index >= 15 is 0 Å². The number of alkyl halides is 3. The SMILES string of the molecule is [C-]#[N+]c1ccc(-c2c(-c3ccc(Cl)cc3)c(NNC(=O)[C@H](C)OCc3ccccc3)nn(Cc3ccc(C(F)(F)F)nc3C)c2=O)cc1. The number of nitrogens with zero attached hydrogens (tertiary/aromatic N) is 4. The van der Waals surface area contributed by atoms with E-state index in [0.29, 0.717) is 33.0 Å².